The van der Waals surface area contributed by atoms with Crippen molar-refractivity contribution in [3.63, 3.8) is 0 Å². The number of hydrogen-bond donors (Lipinski definition) is 2. The topological polar surface area (TPSA) is 32.3 Å². The van der Waals surface area contributed by atoms with E-state index in [1.165, 1.54) is 11.1 Å². The Bertz CT molecular complexity index is 323. The number of hydrogen-bond acceptors (Lipinski definition) is 2. The van der Waals surface area contributed by atoms with Crippen LogP contribution in [0, 0.1) is 12.3 Å². The van der Waals surface area contributed by atoms with Crippen LogP contribution >= 0.6 is 0 Å². The molecule has 0 heterocycles. The highest BCUT2D eigenvalue weighted by molar-refractivity contribution is 5.21. The van der Waals surface area contributed by atoms with Gasteiger partial charge in [0.1, 0.15) is 0 Å². The van der Waals surface area contributed by atoms with Crippen molar-refractivity contribution in [1.82, 2.24) is 5.32 Å². The van der Waals surface area contributed by atoms with Crippen molar-refractivity contribution in [1.29, 1.82) is 0 Å². The molecular weight excluding hydrogens is 210 g/mol. The lowest BCUT2D eigenvalue weighted by Gasteiger charge is -2.29. The average Bonchev–Trinajstić information content (AvgIpc) is 2.35. The van der Waals surface area contributed by atoms with Crippen LogP contribution in [0.25, 0.3) is 0 Å². The number of benzene rings is 1. The molecule has 0 atom stereocenters. The van der Waals surface area contributed by atoms with E-state index in [0.29, 0.717) is 0 Å². The number of aliphatic hydroxyl groups is 1. The maximum absolute atomic E-state index is 9.48. The minimum Gasteiger partial charge on any atom is -0.396 e. The van der Waals surface area contributed by atoms with Gasteiger partial charge in [-0.25, -0.2) is 0 Å². The molecule has 0 bridgehead atoms. The Kier molecular flexibility index (Phi) is 5.66. The molecule has 0 amide bonds. The van der Waals surface area contributed by atoms with Crippen LogP contribution in [0.4, 0.5) is 0 Å². The van der Waals surface area contributed by atoms with Crippen LogP contribution < -0.4 is 5.32 Å². The molecule has 1 aromatic rings. The molecule has 1 rings (SSSR count). The Hall–Kier alpha value is -0.860. The second kappa shape index (κ2) is 6.77. The zero-order chi connectivity index (χ0) is 12.7. The van der Waals surface area contributed by atoms with Crippen LogP contribution in [0.2, 0.25) is 0 Å². The van der Waals surface area contributed by atoms with Crippen LogP contribution in [0.5, 0.6) is 0 Å². The maximum Gasteiger partial charge on any atom is 0.0499 e. The zero-order valence-corrected chi connectivity index (χ0v) is 11.3. The second-order valence-corrected chi connectivity index (χ2v) is 4.96. The van der Waals surface area contributed by atoms with Gasteiger partial charge in [-0.3, -0.25) is 0 Å². The van der Waals surface area contributed by atoms with Crippen molar-refractivity contribution in [2.24, 2.45) is 5.41 Å². The normalized spacial score (nSPS) is 11.8. The Morgan fingerprint density at radius 3 is 2.47 bits per heavy atom. The van der Waals surface area contributed by atoms with Gasteiger partial charge >= 0.3 is 0 Å². The molecule has 2 heteroatoms. The van der Waals surface area contributed by atoms with E-state index in [9.17, 15) is 5.11 Å². The summed E-state index contributed by atoms with van der Waals surface area (Å²) in [5.74, 6) is 0. The van der Waals surface area contributed by atoms with Crippen molar-refractivity contribution in [3.8, 4) is 0 Å². The minimum atomic E-state index is 0.0455. The van der Waals surface area contributed by atoms with Crippen LogP contribution in [0.3, 0.4) is 0 Å². The molecule has 0 radical (unpaired) electrons. The number of rotatable bonds is 7. The lowest BCUT2D eigenvalue weighted by atomic mass is 9.83. The summed E-state index contributed by atoms with van der Waals surface area (Å²) in [7, 11) is 0. The van der Waals surface area contributed by atoms with Gasteiger partial charge in [-0.15, -0.1) is 0 Å². The van der Waals surface area contributed by atoms with Gasteiger partial charge in [-0.1, -0.05) is 43.7 Å². The highest BCUT2D eigenvalue weighted by Crippen LogP contribution is 2.24. The molecule has 0 unspecified atom stereocenters. The Morgan fingerprint density at radius 2 is 1.94 bits per heavy atom. The largest absolute Gasteiger partial charge is 0.396 e. The van der Waals surface area contributed by atoms with Crippen molar-refractivity contribution in [2.45, 2.75) is 40.2 Å². The molecule has 0 aliphatic carbocycles. The van der Waals surface area contributed by atoms with Crippen LogP contribution in [0.1, 0.15) is 37.8 Å². The van der Waals surface area contributed by atoms with E-state index in [1.807, 2.05) is 0 Å². The fraction of sp³-hybridized carbons (Fsp3) is 0.600. The average molecular weight is 235 g/mol. The molecule has 2 nitrogen and oxygen atoms in total. The lowest BCUT2D eigenvalue weighted by Crippen LogP contribution is -2.36. The van der Waals surface area contributed by atoms with Gasteiger partial charge in [0.25, 0.3) is 0 Å². The van der Waals surface area contributed by atoms with E-state index in [0.717, 1.165) is 25.9 Å². The van der Waals surface area contributed by atoms with Crippen molar-refractivity contribution >= 4 is 0 Å². The van der Waals surface area contributed by atoms with E-state index < -0.39 is 0 Å². The molecular formula is C15H25NO. The van der Waals surface area contributed by atoms with Gasteiger partial charge in [-0.05, 0) is 25.3 Å². The molecule has 0 aliphatic heterocycles. The van der Waals surface area contributed by atoms with Gasteiger partial charge in [0.15, 0.2) is 0 Å². The highest BCUT2D eigenvalue weighted by atomic mass is 16.3. The summed E-state index contributed by atoms with van der Waals surface area (Å²) in [6, 6.07) is 8.54. The third kappa shape index (κ3) is 4.14. The summed E-state index contributed by atoms with van der Waals surface area (Å²) in [5, 5.41) is 12.9. The fourth-order valence-electron chi connectivity index (χ4n) is 2.07. The number of aryl methyl sites for hydroxylation is 1. The third-order valence-corrected chi connectivity index (χ3v) is 3.75. The summed E-state index contributed by atoms with van der Waals surface area (Å²) < 4.78 is 0. The van der Waals surface area contributed by atoms with Gasteiger partial charge in [0.2, 0.25) is 0 Å². The van der Waals surface area contributed by atoms with Crippen molar-refractivity contribution in [2.75, 3.05) is 13.2 Å². The first-order valence-corrected chi connectivity index (χ1v) is 6.53. The Balaban J connectivity index is 2.46. The molecule has 0 fully saturated rings. The highest BCUT2D eigenvalue weighted by Gasteiger charge is 2.24. The summed E-state index contributed by atoms with van der Waals surface area (Å²) in [5.41, 5.74) is 2.65. The smallest absolute Gasteiger partial charge is 0.0499 e. The van der Waals surface area contributed by atoms with E-state index >= 15 is 0 Å². The zero-order valence-electron chi connectivity index (χ0n) is 11.3. The summed E-state index contributed by atoms with van der Waals surface area (Å²) in [4.78, 5) is 0. The predicted octanol–water partition coefficient (Wildman–Crippen LogP) is 2.88. The van der Waals surface area contributed by atoms with Crippen LogP contribution in [0.15, 0.2) is 24.3 Å². The molecule has 0 spiro atoms. The first-order valence-electron chi connectivity index (χ1n) is 6.53. The monoisotopic (exact) mass is 235 g/mol. The molecule has 0 saturated carbocycles. The van der Waals surface area contributed by atoms with Gasteiger partial charge in [-0.2, -0.15) is 0 Å². The summed E-state index contributed by atoms with van der Waals surface area (Å²) in [6.45, 7) is 8.43. The van der Waals surface area contributed by atoms with Gasteiger partial charge in [0, 0.05) is 25.1 Å². The SMILES string of the molecule is CCC(CC)(CO)CNCc1cccc(C)c1. The van der Waals surface area contributed by atoms with E-state index in [-0.39, 0.29) is 12.0 Å². The molecule has 1 aromatic carbocycles. The Labute approximate surface area is 105 Å². The molecule has 0 saturated heterocycles. The van der Waals surface area contributed by atoms with Crippen molar-refractivity contribution < 1.29 is 5.11 Å². The Morgan fingerprint density at radius 1 is 1.24 bits per heavy atom. The maximum atomic E-state index is 9.48. The number of nitrogens with one attached hydrogen (secondary N) is 1. The first kappa shape index (κ1) is 14.2. The molecule has 17 heavy (non-hydrogen) atoms. The summed E-state index contributed by atoms with van der Waals surface area (Å²) >= 11 is 0. The lowest BCUT2D eigenvalue weighted by molar-refractivity contribution is 0.113. The van der Waals surface area contributed by atoms with Gasteiger partial charge < -0.3 is 10.4 Å². The van der Waals surface area contributed by atoms with Crippen LogP contribution in [-0.4, -0.2) is 18.3 Å². The summed E-state index contributed by atoms with van der Waals surface area (Å²) in [6.07, 6.45) is 2.03. The van der Waals surface area contributed by atoms with E-state index in [4.69, 9.17) is 0 Å². The molecule has 96 valence electrons. The standard InChI is InChI=1S/C15H25NO/c1-4-15(5-2,12-17)11-16-10-14-8-6-7-13(3)9-14/h6-9,16-17H,4-5,10-12H2,1-3H3. The van der Waals surface area contributed by atoms with E-state index in [2.05, 4.69) is 50.4 Å². The first-order chi connectivity index (χ1) is 8.15. The minimum absolute atomic E-state index is 0.0455. The molecule has 0 aliphatic rings. The third-order valence-electron chi connectivity index (χ3n) is 3.75. The second-order valence-electron chi connectivity index (χ2n) is 4.96. The van der Waals surface area contributed by atoms with Crippen LogP contribution in [-0.2, 0) is 6.54 Å². The quantitative estimate of drug-likeness (QED) is 0.761. The van der Waals surface area contributed by atoms with Crippen molar-refractivity contribution in [3.05, 3.63) is 35.4 Å². The number of aliphatic hydroxyl groups excluding tert-OH is 1. The van der Waals surface area contributed by atoms with Gasteiger partial charge in [0.05, 0.1) is 0 Å². The molecule has 0 aromatic heterocycles. The fourth-order valence-corrected chi connectivity index (χ4v) is 2.07. The molecule has 2 N–H and O–H groups in total. The van der Waals surface area contributed by atoms with E-state index in [1.54, 1.807) is 0 Å². The predicted molar refractivity (Wildman–Crippen MR) is 73.0 cm³/mol.